The molecular weight excluding hydrogens is 264 g/mol. The van der Waals surface area contributed by atoms with Crippen LogP contribution in [-0.2, 0) is 24.1 Å². The number of furan rings is 1. The van der Waals surface area contributed by atoms with Gasteiger partial charge in [0.2, 0.25) is 0 Å². The number of carboxylic acid groups (broad SMARTS) is 1. The van der Waals surface area contributed by atoms with E-state index in [1.807, 2.05) is 15.8 Å². The predicted molar refractivity (Wildman–Crippen MR) is 69.5 cm³/mol. The molecule has 0 radical (unpaired) electrons. The Labute approximate surface area is 112 Å². The number of thiazole rings is 1. The fraction of sp³-hybridized carbons (Fsp3) is 0.231. The lowest BCUT2D eigenvalue weighted by Crippen LogP contribution is -2.08. The van der Waals surface area contributed by atoms with Crippen molar-refractivity contribution in [2.75, 3.05) is 0 Å². The van der Waals surface area contributed by atoms with E-state index in [0.29, 0.717) is 0 Å². The van der Waals surface area contributed by atoms with Crippen LogP contribution in [0.4, 0.5) is 0 Å². The molecule has 0 bridgehead atoms. The van der Waals surface area contributed by atoms with E-state index in [9.17, 15) is 4.79 Å². The van der Waals surface area contributed by atoms with Crippen LogP contribution in [0.2, 0.25) is 0 Å². The highest BCUT2D eigenvalue weighted by atomic mass is 32.1. The number of rotatable bonds is 2. The van der Waals surface area contributed by atoms with E-state index in [0.717, 1.165) is 46.2 Å². The van der Waals surface area contributed by atoms with E-state index in [4.69, 9.17) is 9.52 Å². The first kappa shape index (κ1) is 10.8. The Hall–Kier alpha value is -2.08. The van der Waals surface area contributed by atoms with Gasteiger partial charge < -0.3 is 9.52 Å². The molecule has 19 heavy (non-hydrogen) atoms. The molecular formula is C13H10N2O3S. The van der Waals surface area contributed by atoms with Crippen LogP contribution in [0.1, 0.15) is 17.1 Å². The summed E-state index contributed by atoms with van der Waals surface area (Å²) >= 11 is 1.48. The molecule has 0 saturated carbocycles. The van der Waals surface area contributed by atoms with Crippen molar-refractivity contribution in [1.82, 2.24) is 9.38 Å². The molecule has 96 valence electrons. The fourth-order valence-corrected chi connectivity index (χ4v) is 3.59. The largest absolute Gasteiger partial charge is 0.481 e. The van der Waals surface area contributed by atoms with Gasteiger partial charge in [-0.15, -0.1) is 11.3 Å². The molecule has 6 heteroatoms. The first-order valence-corrected chi connectivity index (χ1v) is 6.88. The van der Waals surface area contributed by atoms with Gasteiger partial charge in [0.15, 0.2) is 4.96 Å². The quantitative estimate of drug-likeness (QED) is 0.779. The average molecular weight is 274 g/mol. The maximum atomic E-state index is 10.9. The van der Waals surface area contributed by atoms with Crippen molar-refractivity contribution in [2.24, 2.45) is 0 Å². The molecule has 0 aromatic carbocycles. The minimum Gasteiger partial charge on any atom is -0.481 e. The molecule has 4 rings (SSSR count). The third kappa shape index (κ3) is 1.46. The number of aryl methyl sites for hydroxylation is 2. The number of imidazole rings is 1. The van der Waals surface area contributed by atoms with Gasteiger partial charge in [-0.1, -0.05) is 0 Å². The minimum absolute atomic E-state index is 0.0288. The van der Waals surface area contributed by atoms with Crippen LogP contribution in [0.3, 0.4) is 0 Å². The molecule has 3 aromatic heterocycles. The Balaban J connectivity index is 1.96. The average Bonchev–Trinajstić information content (AvgIpc) is 3.02. The van der Waals surface area contributed by atoms with Crippen molar-refractivity contribution in [3.05, 3.63) is 34.9 Å². The Morgan fingerprint density at radius 1 is 1.53 bits per heavy atom. The van der Waals surface area contributed by atoms with Crippen molar-refractivity contribution in [2.45, 2.75) is 19.3 Å². The fourth-order valence-electron chi connectivity index (χ4n) is 2.68. The zero-order chi connectivity index (χ0) is 13.0. The molecule has 1 N–H and O–H groups in total. The summed E-state index contributed by atoms with van der Waals surface area (Å²) in [5, 5.41) is 10.8. The predicted octanol–water partition coefficient (Wildman–Crippen LogP) is 2.38. The molecule has 0 atom stereocenters. The molecule has 3 heterocycles. The lowest BCUT2D eigenvalue weighted by Gasteiger charge is -2.11. The summed E-state index contributed by atoms with van der Waals surface area (Å²) in [6.07, 6.45) is 3.39. The number of nitrogens with zero attached hydrogens (tertiary/aromatic N) is 2. The summed E-state index contributed by atoms with van der Waals surface area (Å²) < 4.78 is 7.43. The molecule has 0 aliphatic heterocycles. The van der Waals surface area contributed by atoms with Crippen LogP contribution >= 0.6 is 11.3 Å². The number of aliphatic carboxylic acids is 1. The van der Waals surface area contributed by atoms with Crippen molar-refractivity contribution in [1.29, 1.82) is 0 Å². The Morgan fingerprint density at radius 2 is 2.42 bits per heavy atom. The molecule has 0 spiro atoms. The first-order valence-electron chi connectivity index (χ1n) is 6.00. The van der Waals surface area contributed by atoms with Crippen LogP contribution < -0.4 is 0 Å². The highest BCUT2D eigenvalue weighted by Crippen LogP contribution is 2.36. The third-order valence-electron chi connectivity index (χ3n) is 3.45. The monoisotopic (exact) mass is 274 g/mol. The highest BCUT2D eigenvalue weighted by molar-refractivity contribution is 7.15. The number of carboxylic acids is 1. The van der Waals surface area contributed by atoms with Crippen molar-refractivity contribution in [3.63, 3.8) is 0 Å². The van der Waals surface area contributed by atoms with Crippen LogP contribution in [-0.4, -0.2) is 20.5 Å². The van der Waals surface area contributed by atoms with Gasteiger partial charge >= 0.3 is 5.97 Å². The molecule has 0 unspecified atom stereocenters. The zero-order valence-electron chi connectivity index (χ0n) is 9.92. The number of hydrogen-bond donors (Lipinski definition) is 1. The molecule has 1 aliphatic rings. The van der Waals surface area contributed by atoms with Crippen molar-refractivity contribution < 1.29 is 14.3 Å². The van der Waals surface area contributed by atoms with Gasteiger partial charge in [0, 0.05) is 23.1 Å². The molecule has 0 saturated heterocycles. The summed E-state index contributed by atoms with van der Waals surface area (Å²) in [5.41, 5.74) is 3.88. The van der Waals surface area contributed by atoms with Crippen molar-refractivity contribution >= 4 is 22.3 Å². The molecule has 1 aliphatic carbocycles. The van der Waals surface area contributed by atoms with E-state index >= 15 is 0 Å². The third-order valence-corrected chi connectivity index (χ3v) is 4.33. The van der Waals surface area contributed by atoms with E-state index < -0.39 is 5.97 Å². The van der Waals surface area contributed by atoms with E-state index in [1.165, 1.54) is 11.3 Å². The number of fused-ring (bicyclic) bond motifs is 5. The second-order valence-corrected chi connectivity index (χ2v) is 5.42. The van der Waals surface area contributed by atoms with Crippen LogP contribution in [0.5, 0.6) is 0 Å². The molecule has 0 amide bonds. The maximum Gasteiger partial charge on any atom is 0.309 e. The lowest BCUT2D eigenvalue weighted by molar-refractivity contribution is -0.136. The van der Waals surface area contributed by atoms with Gasteiger partial charge in [0.05, 0.1) is 24.1 Å². The second kappa shape index (κ2) is 3.71. The summed E-state index contributed by atoms with van der Waals surface area (Å²) in [4.78, 5) is 16.4. The topological polar surface area (TPSA) is 67.7 Å². The molecule has 3 aromatic rings. The van der Waals surface area contributed by atoms with Crippen LogP contribution in [0.25, 0.3) is 16.2 Å². The SMILES string of the molecule is O=C(O)Cc1csc2nc3c(n12)CCc1occc1-3. The number of hydrogen-bond acceptors (Lipinski definition) is 4. The second-order valence-electron chi connectivity index (χ2n) is 4.58. The minimum atomic E-state index is -0.818. The van der Waals surface area contributed by atoms with Gasteiger partial charge in [-0.3, -0.25) is 9.20 Å². The normalized spacial score (nSPS) is 13.5. The van der Waals surface area contributed by atoms with Gasteiger partial charge in [-0.05, 0) is 12.5 Å². The smallest absolute Gasteiger partial charge is 0.309 e. The first-order chi connectivity index (χ1) is 9.24. The molecule has 0 fully saturated rings. The Bertz CT molecular complexity index is 796. The summed E-state index contributed by atoms with van der Waals surface area (Å²) in [5.74, 6) is 0.153. The number of carbonyl (C=O) groups is 1. The number of aromatic nitrogens is 2. The van der Waals surface area contributed by atoms with Gasteiger partial charge in [-0.25, -0.2) is 4.98 Å². The zero-order valence-corrected chi connectivity index (χ0v) is 10.7. The van der Waals surface area contributed by atoms with Gasteiger partial charge in [0.25, 0.3) is 0 Å². The summed E-state index contributed by atoms with van der Waals surface area (Å²) in [6, 6.07) is 1.93. The summed E-state index contributed by atoms with van der Waals surface area (Å²) in [7, 11) is 0. The standard InChI is InChI=1S/C13H10N2O3S/c16-11(17)5-7-6-19-13-14-12-8-3-4-18-10(8)2-1-9(12)15(7)13/h3-4,6H,1-2,5H2,(H,16,17). The van der Waals surface area contributed by atoms with Crippen LogP contribution in [0.15, 0.2) is 22.1 Å². The Kier molecular flexibility index (Phi) is 2.11. The lowest BCUT2D eigenvalue weighted by atomic mass is 9.99. The Morgan fingerprint density at radius 3 is 3.26 bits per heavy atom. The summed E-state index contributed by atoms with van der Waals surface area (Å²) in [6.45, 7) is 0. The van der Waals surface area contributed by atoms with Gasteiger partial charge in [-0.2, -0.15) is 0 Å². The van der Waals surface area contributed by atoms with E-state index in [2.05, 4.69) is 4.98 Å². The van der Waals surface area contributed by atoms with Crippen LogP contribution in [0, 0.1) is 0 Å². The highest BCUT2D eigenvalue weighted by Gasteiger charge is 2.25. The molecule has 5 nitrogen and oxygen atoms in total. The van der Waals surface area contributed by atoms with E-state index in [1.54, 1.807) is 6.26 Å². The maximum absolute atomic E-state index is 10.9. The van der Waals surface area contributed by atoms with Crippen molar-refractivity contribution in [3.8, 4) is 11.3 Å². The van der Waals surface area contributed by atoms with Gasteiger partial charge in [0.1, 0.15) is 5.76 Å². The van der Waals surface area contributed by atoms with E-state index in [-0.39, 0.29) is 6.42 Å².